The molecule has 0 aliphatic heterocycles. The van der Waals surface area contributed by atoms with Gasteiger partial charge in [0.15, 0.2) is 0 Å². The Bertz CT molecular complexity index is 1480. The highest BCUT2D eigenvalue weighted by molar-refractivity contribution is 7.18. The standard InChI is InChI=1S/C22H21N7O3S2/c1-13-17(24-20(33-13)6-4-5-7-23)12-32-19-8-14(30-2)10-28-18(19)9-15(26-28)16-11-29-21(25-16)34-22(27-29)31-3/h8-11H,4-6,12H2,1-3H3. The third-order valence-electron chi connectivity index (χ3n) is 5.19. The first-order valence-corrected chi connectivity index (χ1v) is 12.1. The summed E-state index contributed by atoms with van der Waals surface area (Å²) in [4.78, 5) is 11.2. The number of imidazole rings is 1. The summed E-state index contributed by atoms with van der Waals surface area (Å²) in [6.07, 6.45) is 5.77. The average molecular weight is 496 g/mol. The van der Waals surface area contributed by atoms with E-state index in [4.69, 9.17) is 24.5 Å². The number of unbranched alkanes of at least 4 members (excludes halogenated alkanes) is 1. The number of nitriles is 1. The van der Waals surface area contributed by atoms with E-state index in [-0.39, 0.29) is 0 Å². The molecular weight excluding hydrogens is 474 g/mol. The Labute approximate surface area is 203 Å². The van der Waals surface area contributed by atoms with Crippen LogP contribution in [-0.4, -0.2) is 43.4 Å². The van der Waals surface area contributed by atoms with Crippen LogP contribution in [0.5, 0.6) is 16.7 Å². The van der Waals surface area contributed by atoms with Crippen LogP contribution in [-0.2, 0) is 13.0 Å². The van der Waals surface area contributed by atoms with Gasteiger partial charge < -0.3 is 14.2 Å². The van der Waals surface area contributed by atoms with Gasteiger partial charge in [0.1, 0.15) is 35.0 Å². The summed E-state index contributed by atoms with van der Waals surface area (Å²) in [5.74, 6) is 1.26. The number of hydrogen-bond acceptors (Lipinski definition) is 10. The normalized spacial score (nSPS) is 11.2. The Hall–Kier alpha value is -3.69. The molecule has 0 saturated heterocycles. The predicted molar refractivity (Wildman–Crippen MR) is 128 cm³/mol. The number of aromatic nitrogens is 6. The maximum Gasteiger partial charge on any atom is 0.294 e. The van der Waals surface area contributed by atoms with Crippen LogP contribution in [0.25, 0.3) is 21.9 Å². The third kappa shape index (κ3) is 4.27. The molecule has 0 aromatic carbocycles. The van der Waals surface area contributed by atoms with Crippen molar-refractivity contribution in [3.05, 3.63) is 40.1 Å². The molecule has 0 unspecified atom stereocenters. The Morgan fingerprint density at radius 1 is 1.03 bits per heavy atom. The van der Waals surface area contributed by atoms with Crippen LogP contribution < -0.4 is 14.2 Å². The summed E-state index contributed by atoms with van der Waals surface area (Å²) in [6, 6.07) is 5.95. The molecule has 0 saturated carbocycles. The number of hydrogen-bond donors (Lipinski definition) is 0. The number of pyridine rings is 1. The second-order valence-electron chi connectivity index (χ2n) is 7.44. The minimum Gasteiger partial charge on any atom is -0.495 e. The number of ether oxygens (including phenoxy) is 3. The molecule has 5 rings (SSSR count). The maximum absolute atomic E-state index is 8.75. The van der Waals surface area contributed by atoms with E-state index in [0.29, 0.717) is 41.1 Å². The van der Waals surface area contributed by atoms with Crippen LogP contribution in [0, 0.1) is 18.3 Å². The summed E-state index contributed by atoms with van der Waals surface area (Å²) in [6.45, 7) is 2.36. The molecule has 0 atom stereocenters. The lowest BCUT2D eigenvalue weighted by Gasteiger charge is -2.09. The molecule has 0 N–H and O–H groups in total. The zero-order chi connectivity index (χ0) is 23.7. The molecule has 0 radical (unpaired) electrons. The smallest absolute Gasteiger partial charge is 0.294 e. The maximum atomic E-state index is 8.75. The molecule has 0 spiro atoms. The second kappa shape index (κ2) is 9.28. The summed E-state index contributed by atoms with van der Waals surface area (Å²) in [7, 11) is 3.19. The van der Waals surface area contributed by atoms with Crippen molar-refractivity contribution in [2.24, 2.45) is 0 Å². The SMILES string of the molecule is COc1cc(OCc2nc(CCCC#N)sc2C)c2cc(-c3cn4nc(OC)sc4n3)nn2c1. The quantitative estimate of drug-likeness (QED) is 0.278. The molecule has 0 fully saturated rings. The minimum absolute atomic E-state index is 0.327. The zero-order valence-corrected chi connectivity index (χ0v) is 20.4. The number of fused-ring (bicyclic) bond motifs is 2. The first kappa shape index (κ1) is 22.1. The lowest BCUT2D eigenvalue weighted by molar-refractivity contribution is 0.300. The summed E-state index contributed by atoms with van der Waals surface area (Å²) in [5.41, 5.74) is 3.08. The molecule has 0 aliphatic rings. The fourth-order valence-corrected chi connectivity index (χ4v) is 5.15. The van der Waals surface area contributed by atoms with Gasteiger partial charge in [-0.05, 0) is 30.7 Å². The van der Waals surface area contributed by atoms with Crippen molar-refractivity contribution in [3.8, 4) is 34.1 Å². The van der Waals surface area contributed by atoms with Gasteiger partial charge in [0.2, 0.25) is 4.96 Å². The molecule has 34 heavy (non-hydrogen) atoms. The van der Waals surface area contributed by atoms with Gasteiger partial charge in [-0.15, -0.1) is 16.4 Å². The van der Waals surface area contributed by atoms with E-state index < -0.39 is 0 Å². The van der Waals surface area contributed by atoms with E-state index in [2.05, 4.69) is 21.3 Å². The van der Waals surface area contributed by atoms with Crippen LogP contribution >= 0.6 is 22.7 Å². The van der Waals surface area contributed by atoms with Crippen LogP contribution in [0.2, 0.25) is 0 Å². The monoisotopic (exact) mass is 495 g/mol. The third-order valence-corrected chi connectivity index (χ3v) is 7.15. The molecule has 5 heterocycles. The molecule has 5 aromatic heterocycles. The molecule has 0 amide bonds. The van der Waals surface area contributed by atoms with Crippen LogP contribution in [0.15, 0.2) is 24.5 Å². The van der Waals surface area contributed by atoms with Gasteiger partial charge in [0.05, 0.1) is 43.4 Å². The second-order valence-corrected chi connectivity index (χ2v) is 9.65. The number of methoxy groups -OCH3 is 2. The highest BCUT2D eigenvalue weighted by Gasteiger charge is 2.17. The van der Waals surface area contributed by atoms with Crippen molar-refractivity contribution in [1.82, 2.24) is 29.2 Å². The fraction of sp³-hybridized carbons (Fsp3) is 0.318. The number of thiazole rings is 1. The van der Waals surface area contributed by atoms with E-state index in [1.807, 2.05) is 25.3 Å². The van der Waals surface area contributed by atoms with Crippen molar-refractivity contribution in [2.75, 3.05) is 14.2 Å². The van der Waals surface area contributed by atoms with E-state index in [9.17, 15) is 0 Å². The molecule has 5 aromatic rings. The highest BCUT2D eigenvalue weighted by Crippen LogP contribution is 2.31. The number of rotatable bonds is 9. The van der Waals surface area contributed by atoms with Gasteiger partial charge in [0, 0.05) is 23.8 Å². The Kier molecular flexibility index (Phi) is 6.04. The fourth-order valence-electron chi connectivity index (χ4n) is 3.47. The van der Waals surface area contributed by atoms with Crippen LogP contribution in [0.3, 0.4) is 0 Å². The van der Waals surface area contributed by atoms with Gasteiger partial charge in [-0.2, -0.15) is 10.4 Å². The van der Waals surface area contributed by atoms with E-state index >= 15 is 0 Å². The van der Waals surface area contributed by atoms with E-state index in [1.165, 1.54) is 11.3 Å². The van der Waals surface area contributed by atoms with Gasteiger partial charge in [-0.3, -0.25) is 0 Å². The van der Waals surface area contributed by atoms with Gasteiger partial charge in [0.25, 0.3) is 5.19 Å². The van der Waals surface area contributed by atoms with Crippen molar-refractivity contribution in [2.45, 2.75) is 32.8 Å². The first-order valence-electron chi connectivity index (χ1n) is 10.5. The van der Waals surface area contributed by atoms with E-state index in [0.717, 1.165) is 38.9 Å². The topological polar surface area (TPSA) is 112 Å². The van der Waals surface area contributed by atoms with Gasteiger partial charge in [-0.1, -0.05) is 0 Å². The molecule has 12 heteroatoms. The predicted octanol–water partition coefficient (Wildman–Crippen LogP) is 4.31. The van der Waals surface area contributed by atoms with Gasteiger partial charge in [-0.25, -0.2) is 19.0 Å². The van der Waals surface area contributed by atoms with Crippen LogP contribution in [0.4, 0.5) is 0 Å². The summed E-state index contributed by atoms with van der Waals surface area (Å²) >= 11 is 3.01. The van der Waals surface area contributed by atoms with E-state index in [1.54, 1.807) is 40.8 Å². The Morgan fingerprint density at radius 2 is 1.91 bits per heavy atom. The van der Waals surface area contributed by atoms with Crippen molar-refractivity contribution >= 4 is 33.2 Å². The van der Waals surface area contributed by atoms with Crippen molar-refractivity contribution in [3.63, 3.8) is 0 Å². The lowest BCUT2D eigenvalue weighted by Crippen LogP contribution is -2.01. The summed E-state index contributed by atoms with van der Waals surface area (Å²) < 4.78 is 20.2. The highest BCUT2D eigenvalue weighted by atomic mass is 32.1. The minimum atomic E-state index is 0.327. The first-order chi connectivity index (χ1) is 16.6. The molecule has 0 aliphatic carbocycles. The molecular formula is C22H21N7O3S2. The van der Waals surface area contributed by atoms with Gasteiger partial charge >= 0.3 is 0 Å². The lowest BCUT2D eigenvalue weighted by atomic mass is 10.2. The molecule has 174 valence electrons. The Morgan fingerprint density at radius 3 is 2.68 bits per heavy atom. The largest absolute Gasteiger partial charge is 0.495 e. The number of aryl methyl sites for hydroxylation is 2. The van der Waals surface area contributed by atoms with Crippen LogP contribution in [0.1, 0.15) is 28.4 Å². The van der Waals surface area contributed by atoms with Crippen molar-refractivity contribution in [1.29, 1.82) is 5.26 Å². The number of nitrogens with zero attached hydrogens (tertiary/aromatic N) is 7. The Balaban J connectivity index is 1.42. The molecule has 0 bridgehead atoms. The summed E-state index contributed by atoms with van der Waals surface area (Å²) in [5, 5.41) is 19.3. The zero-order valence-electron chi connectivity index (χ0n) is 18.8. The molecule has 10 nitrogen and oxygen atoms in total. The van der Waals surface area contributed by atoms with Crippen molar-refractivity contribution < 1.29 is 14.2 Å². The average Bonchev–Trinajstić information content (AvgIpc) is 3.59.